The zero-order chi connectivity index (χ0) is 24.4. The second kappa shape index (κ2) is 9.98. The third-order valence-corrected chi connectivity index (χ3v) is 7.99. The van der Waals surface area contributed by atoms with Crippen LogP contribution in [0.25, 0.3) is 0 Å². The molecule has 0 radical (unpaired) electrons. The van der Waals surface area contributed by atoms with Crippen LogP contribution in [0.4, 0.5) is 10.9 Å². The lowest BCUT2D eigenvalue weighted by atomic mass is 9.69. The highest BCUT2D eigenvalue weighted by Crippen LogP contribution is 2.50. The third-order valence-electron chi connectivity index (χ3n) is 6.27. The van der Waals surface area contributed by atoms with Crippen LogP contribution in [-0.4, -0.2) is 27.6 Å². The van der Waals surface area contributed by atoms with E-state index in [1.54, 1.807) is 17.4 Å². The zero-order valence-corrected chi connectivity index (χ0v) is 21.8. The highest BCUT2D eigenvalue weighted by Gasteiger charge is 2.41. The van der Waals surface area contributed by atoms with Crippen molar-refractivity contribution in [2.75, 3.05) is 11.4 Å². The third kappa shape index (κ3) is 5.85. The van der Waals surface area contributed by atoms with E-state index < -0.39 is 5.97 Å². The fourth-order valence-corrected chi connectivity index (χ4v) is 5.55. The average molecular weight is 488 g/mol. The molecule has 0 saturated heterocycles. The minimum atomic E-state index is -1.03. The Morgan fingerprint density at radius 2 is 1.97 bits per heavy atom. The summed E-state index contributed by atoms with van der Waals surface area (Å²) in [5.41, 5.74) is 1.44. The van der Waals surface area contributed by atoms with Gasteiger partial charge in [-0.05, 0) is 44.6 Å². The van der Waals surface area contributed by atoms with Gasteiger partial charge in [-0.3, -0.25) is 0 Å². The summed E-state index contributed by atoms with van der Waals surface area (Å²) in [6, 6.07) is 1.48. The van der Waals surface area contributed by atoms with E-state index in [4.69, 9.17) is 16.6 Å². The lowest BCUT2D eigenvalue weighted by molar-refractivity contribution is 0.0696. The molecule has 7 heteroatoms. The number of carboxylic acid groups (broad SMARTS) is 1. The number of thiazole rings is 1. The van der Waals surface area contributed by atoms with Gasteiger partial charge in [-0.1, -0.05) is 64.1 Å². The van der Waals surface area contributed by atoms with Crippen molar-refractivity contribution in [1.29, 1.82) is 0 Å². The van der Waals surface area contributed by atoms with Crippen molar-refractivity contribution in [2.45, 2.75) is 71.1 Å². The molecule has 0 bridgehead atoms. The van der Waals surface area contributed by atoms with Gasteiger partial charge in [0, 0.05) is 28.4 Å². The summed E-state index contributed by atoms with van der Waals surface area (Å²) in [6.45, 7) is 15.4. The van der Waals surface area contributed by atoms with Gasteiger partial charge in [0.15, 0.2) is 10.9 Å². The van der Waals surface area contributed by atoms with E-state index in [0.29, 0.717) is 16.8 Å². The summed E-state index contributed by atoms with van der Waals surface area (Å²) < 4.78 is 0. The first-order valence-electron chi connectivity index (χ1n) is 11.4. The van der Waals surface area contributed by atoms with Crippen LogP contribution in [0.2, 0.25) is 5.02 Å². The van der Waals surface area contributed by atoms with E-state index in [1.165, 1.54) is 35.7 Å². The number of allylic oxidation sites excluding steroid dienone is 3. The average Bonchev–Trinajstić information content (AvgIpc) is 3.44. The SMILES string of the molecule is C=C/C=C\C.CC1(C)CCC(C)(C)c2sc(N(CC3CC3)c3ncc(C(=O)O)cc3Cl)nc21. The number of nitrogens with zero attached hydrogens (tertiary/aromatic N) is 3. The Labute approximate surface area is 206 Å². The van der Waals surface area contributed by atoms with Crippen LogP contribution in [0.1, 0.15) is 81.2 Å². The molecule has 0 atom stereocenters. The predicted molar refractivity (Wildman–Crippen MR) is 138 cm³/mol. The standard InChI is InChI=1S/C21H26ClN3O2S.C5H8/c1-20(2)7-8-21(3,4)16-15(20)24-19(28-16)25(11-12-5-6-12)17-14(22)9-13(10-23-17)18(26)27;1-3-5-4-2/h9-10,12H,5-8,11H2,1-4H3,(H,26,27);3-5H,1H2,2H3/b;5-4-. The molecule has 2 aliphatic rings. The first-order valence-corrected chi connectivity index (χ1v) is 12.6. The van der Waals surface area contributed by atoms with Gasteiger partial charge in [0.05, 0.1) is 16.3 Å². The van der Waals surface area contributed by atoms with Crippen molar-refractivity contribution in [3.63, 3.8) is 0 Å². The second-order valence-electron chi connectivity index (χ2n) is 10.1. The number of halogens is 1. The Kier molecular flexibility index (Phi) is 7.69. The number of hydrogen-bond acceptors (Lipinski definition) is 5. The molecule has 0 aromatic carbocycles. The lowest BCUT2D eigenvalue weighted by Crippen LogP contribution is -2.32. The van der Waals surface area contributed by atoms with Crippen molar-refractivity contribution in [1.82, 2.24) is 9.97 Å². The van der Waals surface area contributed by atoms with Crippen molar-refractivity contribution in [3.8, 4) is 0 Å². The summed E-state index contributed by atoms with van der Waals surface area (Å²) in [6.07, 6.45) is 11.6. The molecule has 2 heterocycles. The van der Waals surface area contributed by atoms with Gasteiger partial charge in [-0.25, -0.2) is 14.8 Å². The van der Waals surface area contributed by atoms with E-state index in [1.807, 2.05) is 19.1 Å². The van der Waals surface area contributed by atoms with E-state index in [-0.39, 0.29) is 16.4 Å². The van der Waals surface area contributed by atoms with Crippen molar-refractivity contribution in [2.24, 2.45) is 5.92 Å². The number of aromatic nitrogens is 2. The Balaban J connectivity index is 0.000000555. The highest BCUT2D eigenvalue weighted by molar-refractivity contribution is 7.16. The quantitative estimate of drug-likeness (QED) is 0.426. The smallest absolute Gasteiger partial charge is 0.337 e. The normalized spacial score (nSPS) is 18.2. The van der Waals surface area contributed by atoms with Gasteiger partial charge in [0.2, 0.25) is 0 Å². The van der Waals surface area contributed by atoms with Gasteiger partial charge in [-0.2, -0.15) is 0 Å². The number of fused-ring (bicyclic) bond motifs is 1. The molecular weight excluding hydrogens is 454 g/mol. The number of carboxylic acids is 1. The summed E-state index contributed by atoms with van der Waals surface area (Å²) in [4.78, 5) is 24.2. The molecule has 1 N–H and O–H groups in total. The maximum Gasteiger partial charge on any atom is 0.337 e. The minimum Gasteiger partial charge on any atom is -0.478 e. The summed E-state index contributed by atoms with van der Waals surface area (Å²) in [7, 11) is 0. The summed E-state index contributed by atoms with van der Waals surface area (Å²) in [5, 5.41) is 10.5. The fraction of sp³-hybridized carbons (Fsp3) is 0.500. The Morgan fingerprint density at radius 3 is 2.45 bits per heavy atom. The maximum absolute atomic E-state index is 11.2. The van der Waals surface area contributed by atoms with E-state index in [2.05, 4.69) is 44.2 Å². The van der Waals surface area contributed by atoms with Gasteiger partial charge < -0.3 is 10.0 Å². The largest absolute Gasteiger partial charge is 0.478 e. The molecule has 33 heavy (non-hydrogen) atoms. The molecule has 0 unspecified atom stereocenters. The Bertz CT molecular complexity index is 1020. The first kappa shape index (κ1) is 25.4. The molecule has 4 rings (SSSR count). The molecule has 2 aliphatic carbocycles. The topological polar surface area (TPSA) is 66.3 Å². The molecule has 2 aromatic heterocycles. The number of carbonyl (C=O) groups is 1. The van der Waals surface area contributed by atoms with Gasteiger partial charge in [0.25, 0.3) is 0 Å². The Hall–Kier alpha value is -2.18. The number of anilines is 2. The number of rotatable bonds is 6. The number of pyridine rings is 1. The molecule has 1 saturated carbocycles. The van der Waals surface area contributed by atoms with Crippen LogP contribution >= 0.6 is 22.9 Å². The van der Waals surface area contributed by atoms with Crippen LogP contribution in [0, 0.1) is 5.92 Å². The molecule has 0 amide bonds. The van der Waals surface area contributed by atoms with Gasteiger partial charge >= 0.3 is 5.97 Å². The summed E-state index contributed by atoms with van der Waals surface area (Å²) >= 11 is 8.21. The highest BCUT2D eigenvalue weighted by atomic mass is 35.5. The first-order chi connectivity index (χ1) is 15.5. The van der Waals surface area contributed by atoms with E-state index >= 15 is 0 Å². The molecule has 1 fully saturated rings. The van der Waals surface area contributed by atoms with Gasteiger partial charge in [-0.15, -0.1) is 11.3 Å². The van der Waals surface area contributed by atoms with Crippen LogP contribution in [0.15, 0.2) is 37.1 Å². The lowest BCUT2D eigenvalue weighted by Gasteiger charge is -2.37. The second-order valence-corrected chi connectivity index (χ2v) is 11.5. The van der Waals surface area contributed by atoms with Crippen molar-refractivity contribution in [3.05, 3.63) is 58.2 Å². The molecule has 178 valence electrons. The van der Waals surface area contributed by atoms with E-state index in [9.17, 15) is 9.90 Å². The number of aromatic carboxylic acids is 1. The van der Waals surface area contributed by atoms with Crippen molar-refractivity contribution >= 4 is 39.9 Å². The number of hydrogen-bond donors (Lipinski definition) is 1. The van der Waals surface area contributed by atoms with Gasteiger partial charge in [0.1, 0.15) is 0 Å². The molecule has 5 nitrogen and oxygen atoms in total. The monoisotopic (exact) mass is 487 g/mol. The van der Waals surface area contributed by atoms with Crippen LogP contribution in [0.5, 0.6) is 0 Å². The minimum absolute atomic E-state index is 0.0508. The molecule has 0 aliphatic heterocycles. The Morgan fingerprint density at radius 1 is 1.30 bits per heavy atom. The van der Waals surface area contributed by atoms with Crippen LogP contribution in [0.3, 0.4) is 0 Å². The molecule has 2 aromatic rings. The molecular formula is C26H34ClN3O2S. The maximum atomic E-state index is 11.2. The summed E-state index contributed by atoms with van der Waals surface area (Å²) in [5.74, 6) is 0.183. The fourth-order valence-electron chi connectivity index (χ4n) is 3.89. The van der Waals surface area contributed by atoms with Crippen LogP contribution in [-0.2, 0) is 10.8 Å². The van der Waals surface area contributed by atoms with Crippen molar-refractivity contribution < 1.29 is 9.90 Å². The van der Waals surface area contributed by atoms with E-state index in [0.717, 1.165) is 24.5 Å². The zero-order valence-electron chi connectivity index (χ0n) is 20.2. The molecule has 0 spiro atoms. The van der Waals surface area contributed by atoms with Crippen LogP contribution < -0.4 is 4.90 Å². The predicted octanol–water partition coefficient (Wildman–Crippen LogP) is 7.54.